The van der Waals surface area contributed by atoms with Gasteiger partial charge in [-0.2, -0.15) is 0 Å². The van der Waals surface area contributed by atoms with Crippen molar-refractivity contribution in [1.82, 2.24) is 15.1 Å². The Bertz CT molecular complexity index is 687. The van der Waals surface area contributed by atoms with Crippen LogP contribution in [0.3, 0.4) is 0 Å². The molecule has 0 bridgehead atoms. The number of nitrogens with zero attached hydrogens (tertiary/aromatic N) is 2. The number of rotatable bonds is 4. The molecule has 2 heterocycles. The summed E-state index contributed by atoms with van der Waals surface area (Å²) in [6.45, 7) is 7.72. The van der Waals surface area contributed by atoms with Crippen LogP contribution < -0.4 is 5.32 Å². The van der Waals surface area contributed by atoms with Crippen LogP contribution in [0.2, 0.25) is 0 Å². The number of aliphatic hydroxyl groups is 1. The Labute approximate surface area is 184 Å². The van der Waals surface area contributed by atoms with Crippen LogP contribution in [0.4, 0.5) is 4.79 Å². The van der Waals surface area contributed by atoms with Gasteiger partial charge in [0.15, 0.2) is 0 Å². The van der Waals surface area contributed by atoms with Crippen molar-refractivity contribution in [3.63, 3.8) is 0 Å². The molecule has 5 atom stereocenters. The van der Waals surface area contributed by atoms with Crippen molar-refractivity contribution in [2.24, 2.45) is 5.92 Å². The van der Waals surface area contributed by atoms with Gasteiger partial charge in [-0.1, -0.05) is 19.3 Å². The van der Waals surface area contributed by atoms with Crippen LogP contribution in [0.25, 0.3) is 0 Å². The average Bonchev–Trinajstić information content (AvgIpc) is 3.05. The number of piperazine rings is 1. The summed E-state index contributed by atoms with van der Waals surface area (Å²) in [5.74, 6) is -1.49. The molecule has 3 N–H and O–H groups in total. The van der Waals surface area contributed by atoms with Crippen molar-refractivity contribution in [2.75, 3.05) is 13.1 Å². The number of amides is 2. The highest BCUT2D eigenvalue weighted by Crippen LogP contribution is 2.33. The van der Waals surface area contributed by atoms with E-state index in [1.54, 1.807) is 20.8 Å². The van der Waals surface area contributed by atoms with Crippen molar-refractivity contribution < 1.29 is 29.3 Å². The van der Waals surface area contributed by atoms with Gasteiger partial charge in [0, 0.05) is 25.2 Å². The van der Waals surface area contributed by atoms with E-state index in [1.165, 1.54) is 4.90 Å². The molecule has 0 aromatic rings. The molecule has 1 saturated carbocycles. The van der Waals surface area contributed by atoms with Gasteiger partial charge in [-0.3, -0.25) is 9.69 Å². The summed E-state index contributed by atoms with van der Waals surface area (Å²) in [6.07, 6.45) is 3.98. The maximum absolute atomic E-state index is 13.8. The molecule has 9 heteroatoms. The molecular formula is C22H37N3O6. The predicted molar refractivity (Wildman–Crippen MR) is 113 cm³/mol. The largest absolute Gasteiger partial charge is 0.480 e. The first kappa shape index (κ1) is 23.8. The summed E-state index contributed by atoms with van der Waals surface area (Å²) < 4.78 is 5.40. The Kier molecular flexibility index (Phi) is 7.15. The summed E-state index contributed by atoms with van der Waals surface area (Å²) in [5, 5.41) is 22.8. The number of nitrogens with one attached hydrogen (secondary N) is 1. The van der Waals surface area contributed by atoms with Gasteiger partial charge in [-0.25, -0.2) is 9.59 Å². The van der Waals surface area contributed by atoms with Crippen LogP contribution >= 0.6 is 0 Å². The molecule has 3 rings (SSSR count). The summed E-state index contributed by atoms with van der Waals surface area (Å²) in [4.78, 5) is 41.9. The van der Waals surface area contributed by atoms with Crippen molar-refractivity contribution in [3.8, 4) is 0 Å². The van der Waals surface area contributed by atoms with E-state index >= 15 is 0 Å². The number of aliphatic hydroxyl groups excluding tert-OH is 1. The van der Waals surface area contributed by atoms with Gasteiger partial charge in [0.25, 0.3) is 0 Å². The van der Waals surface area contributed by atoms with Crippen LogP contribution in [0.5, 0.6) is 0 Å². The van der Waals surface area contributed by atoms with E-state index in [1.807, 2.05) is 11.8 Å². The highest BCUT2D eigenvalue weighted by atomic mass is 16.6. The predicted octanol–water partition coefficient (Wildman–Crippen LogP) is 1.58. The van der Waals surface area contributed by atoms with Gasteiger partial charge in [-0.05, 0) is 52.9 Å². The van der Waals surface area contributed by atoms with Crippen LogP contribution in [-0.4, -0.2) is 86.9 Å². The first-order valence-electron chi connectivity index (χ1n) is 11.4. The molecule has 2 aliphatic heterocycles. The Morgan fingerprint density at radius 1 is 1.10 bits per heavy atom. The Hall–Kier alpha value is -1.87. The minimum absolute atomic E-state index is 0.0531. The summed E-state index contributed by atoms with van der Waals surface area (Å²) in [7, 11) is 0. The van der Waals surface area contributed by atoms with Gasteiger partial charge in [-0.15, -0.1) is 0 Å². The van der Waals surface area contributed by atoms with E-state index < -0.39 is 35.9 Å². The number of carboxylic acids is 1. The van der Waals surface area contributed by atoms with E-state index in [0.717, 1.165) is 32.1 Å². The topological polar surface area (TPSA) is 119 Å². The molecule has 2 amide bonds. The van der Waals surface area contributed by atoms with Crippen molar-refractivity contribution >= 4 is 18.0 Å². The van der Waals surface area contributed by atoms with Crippen molar-refractivity contribution in [1.29, 1.82) is 0 Å². The fourth-order valence-electron chi connectivity index (χ4n) is 5.39. The van der Waals surface area contributed by atoms with Crippen LogP contribution in [0.15, 0.2) is 0 Å². The molecule has 1 unspecified atom stereocenters. The molecule has 176 valence electrons. The Morgan fingerprint density at radius 2 is 1.74 bits per heavy atom. The lowest BCUT2D eigenvalue weighted by molar-refractivity contribution is -0.160. The zero-order valence-electron chi connectivity index (χ0n) is 19.0. The zero-order valence-corrected chi connectivity index (χ0v) is 19.0. The molecule has 9 nitrogen and oxygen atoms in total. The third-order valence-corrected chi connectivity index (χ3v) is 6.77. The molecule has 0 aromatic heterocycles. The van der Waals surface area contributed by atoms with Gasteiger partial charge >= 0.3 is 12.1 Å². The Balaban J connectivity index is 1.86. The number of ether oxygens (including phenoxy) is 1. The number of hydrogen-bond acceptors (Lipinski definition) is 6. The standard InChI is InChI=1S/C22H37N3O6/c1-13-16-10-15(26)11-24(16)12-17(20(28)29)25(13)19(27)18(14-8-6-5-7-9-14)23-21(30)31-22(2,3)4/h13-18,26H,5-12H2,1-4H3,(H,23,30)(H,28,29)/t13?,15-,16-,17+,18+/m1/s1. The second-order valence-electron chi connectivity index (χ2n) is 10.3. The number of aliphatic carboxylic acids is 1. The van der Waals surface area contributed by atoms with E-state index in [9.17, 15) is 24.6 Å². The van der Waals surface area contributed by atoms with E-state index in [-0.39, 0.29) is 30.5 Å². The number of fused-ring (bicyclic) bond motifs is 1. The van der Waals surface area contributed by atoms with Crippen LogP contribution in [0, 0.1) is 5.92 Å². The first-order chi connectivity index (χ1) is 14.5. The molecular weight excluding hydrogens is 402 g/mol. The number of carbonyl (C=O) groups is 3. The van der Waals surface area contributed by atoms with Crippen molar-refractivity contribution in [2.45, 2.75) is 102 Å². The van der Waals surface area contributed by atoms with Crippen LogP contribution in [-0.2, 0) is 14.3 Å². The smallest absolute Gasteiger partial charge is 0.408 e. The Morgan fingerprint density at radius 3 is 2.32 bits per heavy atom. The minimum atomic E-state index is -1.07. The molecule has 3 aliphatic rings. The molecule has 3 fully saturated rings. The average molecular weight is 440 g/mol. The number of alkyl carbamates (subject to hydrolysis) is 1. The summed E-state index contributed by atoms with van der Waals surface area (Å²) >= 11 is 0. The normalized spacial score (nSPS) is 31.1. The van der Waals surface area contributed by atoms with Gasteiger partial charge < -0.3 is 25.2 Å². The fraction of sp³-hybridized carbons (Fsp3) is 0.864. The summed E-state index contributed by atoms with van der Waals surface area (Å²) in [6, 6.07) is -2.32. The number of carbonyl (C=O) groups excluding carboxylic acids is 2. The van der Waals surface area contributed by atoms with Gasteiger partial charge in [0.2, 0.25) is 5.91 Å². The molecule has 2 saturated heterocycles. The molecule has 0 aromatic carbocycles. The second-order valence-corrected chi connectivity index (χ2v) is 10.3. The van der Waals surface area contributed by atoms with Gasteiger partial charge in [0.05, 0.1) is 6.10 Å². The fourth-order valence-corrected chi connectivity index (χ4v) is 5.39. The monoisotopic (exact) mass is 439 g/mol. The quantitative estimate of drug-likeness (QED) is 0.608. The number of hydrogen-bond donors (Lipinski definition) is 3. The number of carboxylic acid groups (broad SMARTS) is 1. The minimum Gasteiger partial charge on any atom is -0.480 e. The highest BCUT2D eigenvalue weighted by Gasteiger charge is 2.50. The lowest BCUT2D eigenvalue weighted by Gasteiger charge is -2.48. The SMILES string of the molecule is CC1[C@H]2C[C@@H](O)CN2C[C@@H](C(=O)O)N1C(=O)[C@@H](NC(=O)OC(C)(C)C)C1CCCCC1. The maximum Gasteiger partial charge on any atom is 0.408 e. The van der Waals surface area contributed by atoms with Gasteiger partial charge in [0.1, 0.15) is 17.7 Å². The van der Waals surface area contributed by atoms with Crippen molar-refractivity contribution in [3.05, 3.63) is 0 Å². The third-order valence-electron chi connectivity index (χ3n) is 6.77. The van der Waals surface area contributed by atoms with E-state index in [0.29, 0.717) is 13.0 Å². The highest BCUT2D eigenvalue weighted by molar-refractivity contribution is 5.90. The lowest BCUT2D eigenvalue weighted by atomic mass is 9.82. The first-order valence-corrected chi connectivity index (χ1v) is 11.4. The lowest BCUT2D eigenvalue weighted by Crippen LogP contribution is -2.68. The molecule has 31 heavy (non-hydrogen) atoms. The molecule has 0 spiro atoms. The second kappa shape index (κ2) is 9.32. The van der Waals surface area contributed by atoms with Crippen LogP contribution in [0.1, 0.15) is 66.2 Å². The third kappa shape index (κ3) is 5.49. The van der Waals surface area contributed by atoms with E-state index in [2.05, 4.69) is 5.32 Å². The zero-order chi connectivity index (χ0) is 22.9. The molecule has 1 aliphatic carbocycles. The summed E-state index contributed by atoms with van der Waals surface area (Å²) in [5.41, 5.74) is -0.702. The van der Waals surface area contributed by atoms with E-state index in [4.69, 9.17) is 4.74 Å². The maximum atomic E-state index is 13.8. The molecule has 0 radical (unpaired) electrons.